The highest BCUT2D eigenvalue weighted by Crippen LogP contribution is 2.47. The number of pyridine rings is 1. The monoisotopic (exact) mass is 578 g/mol. The molecule has 5 rings (SSSR count). The second-order valence-corrected chi connectivity index (χ2v) is 14.6. The number of hydrogen-bond acceptors (Lipinski definition) is 11. The number of nitrogens with zero attached hydrogens (tertiary/aromatic N) is 4. The van der Waals surface area contributed by atoms with Crippen molar-refractivity contribution in [2.24, 2.45) is 5.92 Å². The number of aryl methyl sites for hydroxylation is 2. The van der Waals surface area contributed by atoms with Crippen LogP contribution in [0.3, 0.4) is 0 Å². The summed E-state index contributed by atoms with van der Waals surface area (Å²) in [5, 5.41) is 5.13. The summed E-state index contributed by atoms with van der Waals surface area (Å²) in [6.07, 6.45) is 4.96. The van der Waals surface area contributed by atoms with Crippen molar-refractivity contribution < 1.29 is 17.9 Å². The van der Waals surface area contributed by atoms with Gasteiger partial charge in [-0.3, -0.25) is 4.98 Å². The summed E-state index contributed by atoms with van der Waals surface area (Å²) in [5.41, 5.74) is 2.67. The third-order valence-corrected chi connectivity index (χ3v) is 9.60. The largest absolute Gasteiger partial charge is 0.364 e. The first-order valence-electron chi connectivity index (χ1n) is 12.4. The third-order valence-electron chi connectivity index (χ3n) is 7.12. The molecule has 0 radical (unpaired) electrons. The Morgan fingerprint density at radius 3 is 2.50 bits per heavy atom. The summed E-state index contributed by atoms with van der Waals surface area (Å²) in [7, 11) is -3.43. The van der Waals surface area contributed by atoms with Gasteiger partial charge in [0.05, 0.1) is 40.1 Å². The van der Waals surface area contributed by atoms with Crippen LogP contribution >= 0.6 is 23.1 Å². The van der Waals surface area contributed by atoms with Gasteiger partial charge < -0.3 is 14.8 Å². The van der Waals surface area contributed by atoms with Crippen LogP contribution in [0.5, 0.6) is 0 Å². The Bertz CT molecular complexity index is 1490. The lowest BCUT2D eigenvalue weighted by Crippen LogP contribution is -2.52. The summed E-state index contributed by atoms with van der Waals surface area (Å²) < 4.78 is 40.9. The molecule has 0 bridgehead atoms. The van der Waals surface area contributed by atoms with Crippen LogP contribution in [-0.2, 0) is 19.5 Å². The zero-order chi connectivity index (χ0) is 27.6. The Labute approximate surface area is 231 Å². The Kier molecular flexibility index (Phi) is 7.01. The number of fused-ring (bicyclic) bond motifs is 2. The highest BCUT2D eigenvalue weighted by molar-refractivity contribution is 7.98. The number of nitrogens with one attached hydrogen (secondary N) is 2. The third kappa shape index (κ3) is 5.28. The first-order valence-corrected chi connectivity index (χ1v) is 16.4. The molecule has 206 valence electrons. The maximum absolute atomic E-state index is 12.2. The van der Waals surface area contributed by atoms with E-state index in [1.54, 1.807) is 17.5 Å². The maximum atomic E-state index is 12.2. The lowest BCUT2D eigenvalue weighted by atomic mass is 9.85. The summed E-state index contributed by atoms with van der Waals surface area (Å²) in [6, 6.07) is 1.80. The molecule has 3 aromatic heterocycles. The first-order chi connectivity index (χ1) is 17.7. The summed E-state index contributed by atoms with van der Waals surface area (Å²) in [5.74, 6) is -0.246. The van der Waals surface area contributed by atoms with Crippen LogP contribution in [0.25, 0.3) is 20.8 Å². The molecular weight excluding hydrogens is 545 g/mol. The van der Waals surface area contributed by atoms with Gasteiger partial charge in [-0.1, -0.05) is 11.8 Å². The van der Waals surface area contributed by atoms with E-state index in [0.717, 1.165) is 32.2 Å². The van der Waals surface area contributed by atoms with Crippen LogP contribution in [0.2, 0.25) is 0 Å². The van der Waals surface area contributed by atoms with E-state index in [-0.39, 0.29) is 24.2 Å². The van der Waals surface area contributed by atoms with Gasteiger partial charge in [-0.05, 0) is 60.3 Å². The van der Waals surface area contributed by atoms with Gasteiger partial charge in [0, 0.05) is 17.7 Å². The SMILES string of the molecule is CSc1nc(C)c(-c2nc3c(C)nccc3s2)c(NC2C[C@H](C(C)(C)NS(C)(=O)=O)[C@H]3OC(C)(C)O[C@@H]23)n1. The van der Waals surface area contributed by atoms with Crippen LogP contribution in [0.15, 0.2) is 17.4 Å². The molecule has 1 saturated heterocycles. The molecule has 0 amide bonds. The van der Waals surface area contributed by atoms with Crippen molar-refractivity contribution in [1.29, 1.82) is 0 Å². The molecule has 38 heavy (non-hydrogen) atoms. The van der Waals surface area contributed by atoms with Crippen molar-refractivity contribution in [3.8, 4) is 10.6 Å². The minimum absolute atomic E-state index is 0.135. The van der Waals surface area contributed by atoms with Gasteiger partial charge >= 0.3 is 0 Å². The van der Waals surface area contributed by atoms with Gasteiger partial charge in [0.2, 0.25) is 10.0 Å². The number of aromatic nitrogens is 4. The second-order valence-electron chi connectivity index (χ2n) is 11.0. The lowest BCUT2D eigenvalue weighted by molar-refractivity contribution is -0.159. The van der Waals surface area contributed by atoms with E-state index in [1.807, 2.05) is 53.9 Å². The number of ether oxygens (including phenoxy) is 2. The number of hydrogen-bond donors (Lipinski definition) is 2. The lowest BCUT2D eigenvalue weighted by Gasteiger charge is -2.35. The predicted octanol–water partition coefficient (Wildman–Crippen LogP) is 4.14. The van der Waals surface area contributed by atoms with E-state index in [2.05, 4.69) is 15.0 Å². The summed E-state index contributed by atoms with van der Waals surface area (Å²) in [4.78, 5) is 18.9. The zero-order valence-corrected chi connectivity index (χ0v) is 25.3. The Morgan fingerprint density at radius 2 is 1.84 bits per heavy atom. The van der Waals surface area contributed by atoms with Crippen LogP contribution in [0.1, 0.15) is 45.5 Å². The quantitative estimate of drug-likeness (QED) is 0.312. The molecule has 1 unspecified atom stereocenters. The van der Waals surface area contributed by atoms with Gasteiger partial charge in [0.15, 0.2) is 10.9 Å². The fourth-order valence-electron chi connectivity index (χ4n) is 5.64. The fraction of sp³-hybridized carbons (Fsp3) is 0.600. The predicted molar refractivity (Wildman–Crippen MR) is 151 cm³/mol. The van der Waals surface area contributed by atoms with E-state index in [4.69, 9.17) is 24.4 Å². The molecule has 4 heterocycles. The number of rotatable bonds is 7. The van der Waals surface area contributed by atoms with Crippen molar-refractivity contribution in [3.63, 3.8) is 0 Å². The van der Waals surface area contributed by atoms with E-state index in [1.165, 1.54) is 18.0 Å². The van der Waals surface area contributed by atoms with Crippen LogP contribution < -0.4 is 10.0 Å². The van der Waals surface area contributed by atoms with Gasteiger partial charge in [-0.15, -0.1) is 11.3 Å². The second kappa shape index (κ2) is 9.63. The highest BCUT2D eigenvalue weighted by atomic mass is 32.2. The van der Waals surface area contributed by atoms with Crippen molar-refractivity contribution in [3.05, 3.63) is 23.7 Å². The van der Waals surface area contributed by atoms with E-state index in [9.17, 15) is 8.42 Å². The normalized spacial score (nSPS) is 25.2. The molecule has 1 aliphatic carbocycles. The van der Waals surface area contributed by atoms with E-state index < -0.39 is 21.3 Å². The van der Waals surface area contributed by atoms with Crippen molar-refractivity contribution in [2.75, 3.05) is 17.8 Å². The van der Waals surface area contributed by atoms with Gasteiger partial charge in [0.1, 0.15) is 22.4 Å². The number of thioether (sulfide) groups is 1. The van der Waals surface area contributed by atoms with Crippen molar-refractivity contribution in [2.45, 2.75) is 82.7 Å². The summed E-state index contributed by atoms with van der Waals surface area (Å²) in [6.45, 7) is 11.5. The van der Waals surface area contributed by atoms with Crippen molar-refractivity contribution in [1.82, 2.24) is 24.7 Å². The molecular formula is C25H34N6O4S3. The molecule has 0 spiro atoms. The molecule has 4 atom stereocenters. The Hall–Kier alpha value is -1.90. The molecule has 3 aromatic rings. The minimum Gasteiger partial charge on any atom is -0.364 e. The Balaban J connectivity index is 1.55. The number of sulfonamides is 1. The molecule has 1 saturated carbocycles. The maximum Gasteiger partial charge on any atom is 0.209 e. The Morgan fingerprint density at radius 1 is 1.13 bits per heavy atom. The van der Waals surface area contributed by atoms with Crippen LogP contribution in [0, 0.1) is 19.8 Å². The molecule has 0 aromatic carbocycles. The number of thiazole rings is 1. The summed E-state index contributed by atoms with van der Waals surface area (Å²) >= 11 is 3.06. The van der Waals surface area contributed by atoms with E-state index in [0.29, 0.717) is 17.4 Å². The molecule has 13 heteroatoms. The molecule has 2 aliphatic rings. The topological polar surface area (TPSA) is 128 Å². The fourth-order valence-corrected chi connectivity index (χ4v) is 8.27. The average Bonchev–Trinajstić information content (AvgIpc) is 3.44. The molecule has 2 fully saturated rings. The van der Waals surface area contributed by atoms with Gasteiger partial charge in [-0.25, -0.2) is 28.1 Å². The molecule has 10 nitrogen and oxygen atoms in total. The van der Waals surface area contributed by atoms with Gasteiger partial charge in [0.25, 0.3) is 0 Å². The zero-order valence-electron chi connectivity index (χ0n) is 22.8. The van der Waals surface area contributed by atoms with E-state index >= 15 is 0 Å². The number of anilines is 1. The average molecular weight is 579 g/mol. The highest BCUT2D eigenvalue weighted by Gasteiger charge is 2.58. The molecule has 2 N–H and O–H groups in total. The standard InChI is InChI=1S/C25H34N6O4S3/c1-12-17(22-29-18-13(2)26-10-9-16(18)37-22)21(30-23(27-12)36-7)28-15-11-14(24(3,4)31-38(8,32)33)19-20(15)35-25(5,6)34-19/h9-10,14-15,19-20,31H,11H2,1-8H3,(H,27,28,30)/t14-,15?,19+,20-/m0/s1. The minimum atomic E-state index is -3.43. The first kappa shape index (κ1) is 27.7. The van der Waals surface area contributed by atoms with Gasteiger partial charge in [-0.2, -0.15) is 0 Å². The van der Waals surface area contributed by atoms with Crippen molar-refractivity contribution >= 4 is 49.2 Å². The van der Waals surface area contributed by atoms with Crippen LogP contribution in [-0.4, -0.2) is 70.4 Å². The molecule has 1 aliphatic heterocycles. The van der Waals surface area contributed by atoms with Crippen LogP contribution in [0.4, 0.5) is 5.82 Å². The smallest absolute Gasteiger partial charge is 0.209 e.